The van der Waals surface area contributed by atoms with Crippen LogP contribution in [0.15, 0.2) is 30.4 Å². The first-order valence-corrected chi connectivity index (χ1v) is 6.76. The van der Waals surface area contributed by atoms with Crippen LogP contribution in [-0.2, 0) is 11.3 Å². The molecule has 19 heavy (non-hydrogen) atoms. The van der Waals surface area contributed by atoms with E-state index in [0.717, 1.165) is 34.9 Å². The summed E-state index contributed by atoms with van der Waals surface area (Å²) in [6.07, 6.45) is 0.860. The van der Waals surface area contributed by atoms with Gasteiger partial charge >= 0.3 is 0 Å². The molecule has 0 spiro atoms. The summed E-state index contributed by atoms with van der Waals surface area (Å²) in [4.78, 5) is 0. The van der Waals surface area contributed by atoms with Crippen molar-refractivity contribution in [3.05, 3.63) is 40.9 Å². The molecule has 0 saturated carbocycles. The topological polar surface area (TPSA) is 30.5 Å². The van der Waals surface area contributed by atoms with Crippen LogP contribution in [0.3, 0.4) is 0 Å². The molecule has 0 aromatic heterocycles. The van der Waals surface area contributed by atoms with Crippen LogP contribution in [0.5, 0.6) is 5.75 Å². The Labute approximate surface area is 120 Å². The maximum absolute atomic E-state index is 6.02. The van der Waals surface area contributed by atoms with Gasteiger partial charge in [-0.15, -0.1) is 6.58 Å². The normalized spacial score (nSPS) is 10.5. The Hall–Kier alpha value is -1.03. The second kappa shape index (κ2) is 8.97. The van der Waals surface area contributed by atoms with Gasteiger partial charge in [-0.3, -0.25) is 0 Å². The molecule has 0 aliphatic carbocycles. The molecule has 3 nitrogen and oxygen atoms in total. The van der Waals surface area contributed by atoms with Gasteiger partial charge in [0, 0.05) is 37.2 Å². The molecule has 1 N–H and O–H groups in total. The maximum Gasteiger partial charge on any atom is 0.123 e. The molecule has 0 aliphatic heterocycles. The highest BCUT2D eigenvalue weighted by atomic mass is 35.5. The molecule has 0 atom stereocenters. The van der Waals surface area contributed by atoms with E-state index in [1.54, 1.807) is 7.11 Å². The lowest BCUT2D eigenvalue weighted by Crippen LogP contribution is -2.19. The van der Waals surface area contributed by atoms with Crippen LogP contribution in [0.25, 0.3) is 0 Å². The summed E-state index contributed by atoms with van der Waals surface area (Å²) in [7, 11) is 1.69. The van der Waals surface area contributed by atoms with Crippen LogP contribution in [0, 0.1) is 0 Å². The molecule has 0 amide bonds. The minimum absolute atomic E-state index is 0.641. The fraction of sp³-hybridized carbons (Fsp3) is 0.467. The molecule has 0 saturated heterocycles. The first-order chi connectivity index (χ1) is 9.13. The summed E-state index contributed by atoms with van der Waals surface area (Å²) in [5.41, 5.74) is 2.18. The number of hydrogen-bond acceptors (Lipinski definition) is 3. The Morgan fingerprint density at radius 1 is 1.37 bits per heavy atom. The van der Waals surface area contributed by atoms with Crippen molar-refractivity contribution in [2.45, 2.75) is 19.9 Å². The summed E-state index contributed by atoms with van der Waals surface area (Å²) < 4.78 is 10.8. The van der Waals surface area contributed by atoms with E-state index >= 15 is 0 Å². The number of benzene rings is 1. The average Bonchev–Trinajstić information content (AvgIpc) is 2.36. The predicted molar refractivity (Wildman–Crippen MR) is 80.0 cm³/mol. The average molecular weight is 284 g/mol. The Morgan fingerprint density at radius 2 is 2.16 bits per heavy atom. The number of ether oxygens (including phenoxy) is 2. The zero-order valence-corrected chi connectivity index (χ0v) is 12.4. The number of halogens is 1. The van der Waals surface area contributed by atoms with Crippen molar-refractivity contribution < 1.29 is 9.47 Å². The Bertz CT molecular complexity index is 407. The van der Waals surface area contributed by atoms with E-state index in [9.17, 15) is 0 Å². The lowest BCUT2D eigenvalue weighted by molar-refractivity contribution is 0.199. The first kappa shape index (κ1) is 16.0. The largest absolute Gasteiger partial charge is 0.493 e. The highest BCUT2D eigenvalue weighted by Crippen LogP contribution is 2.23. The minimum atomic E-state index is 0.641. The van der Waals surface area contributed by atoms with Crippen molar-refractivity contribution in [3.8, 4) is 5.75 Å². The Morgan fingerprint density at radius 3 is 2.84 bits per heavy atom. The highest BCUT2D eigenvalue weighted by molar-refractivity contribution is 6.30. The molecule has 0 radical (unpaired) electrons. The van der Waals surface area contributed by atoms with E-state index < -0.39 is 0 Å². The van der Waals surface area contributed by atoms with E-state index in [2.05, 4.69) is 11.9 Å². The molecule has 0 fully saturated rings. The van der Waals surface area contributed by atoms with Gasteiger partial charge in [0.25, 0.3) is 0 Å². The van der Waals surface area contributed by atoms with Gasteiger partial charge in [0.05, 0.1) is 13.2 Å². The van der Waals surface area contributed by atoms with Crippen LogP contribution in [0.2, 0.25) is 5.02 Å². The second-order valence-corrected chi connectivity index (χ2v) is 4.91. The molecule has 0 heterocycles. The second-order valence-electron chi connectivity index (χ2n) is 4.48. The molecule has 1 rings (SSSR count). The third-order valence-corrected chi connectivity index (χ3v) is 2.84. The van der Waals surface area contributed by atoms with Gasteiger partial charge in [-0.1, -0.05) is 17.2 Å². The van der Waals surface area contributed by atoms with Gasteiger partial charge in [0.1, 0.15) is 5.75 Å². The van der Waals surface area contributed by atoms with Crippen molar-refractivity contribution in [2.24, 2.45) is 0 Å². The molecule has 0 unspecified atom stereocenters. The zero-order chi connectivity index (χ0) is 14.1. The van der Waals surface area contributed by atoms with Gasteiger partial charge in [-0.05, 0) is 25.1 Å². The SMILES string of the molecule is C=C(C)CCOc1ccc(Cl)cc1CNCCOC. The zero-order valence-electron chi connectivity index (χ0n) is 11.7. The summed E-state index contributed by atoms with van der Waals surface area (Å²) in [6, 6.07) is 5.68. The van der Waals surface area contributed by atoms with Gasteiger partial charge in [-0.2, -0.15) is 0 Å². The molecular formula is C15H22ClNO2. The molecule has 0 aliphatic rings. The fourth-order valence-electron chi connectivity index (χ4n) is 1.56. The van der Waals surface area contributed by atoms with Crippen molar-refractivity contribution in [1.29, 1.82) is 0 Å². The van der Waals surface area contributed by atoms with E-state index in [1.807, 2.05) is 25.1 Å². The minimum Gasteiger partial charge on any atom is -0.493 e. The first-order valence-electron chi connectivity index (χ1n) is 6.38. The predicted octanol–water partition coefficient (Wildman–Crippen LogP) is 3.42. The van der Waals surface area contributed by atoms with Crippen molar-refractivity contribution >= 4 is 11.6 Å². The fourth-order valence-corrected chi connectivity index (χ4v) is 1.75. The molecule has 106 valence electrons. The van der Waals surface area contributed by atoms with Crippen LogP contribution in [0.1, 0.15) is 18.9 Å². The van der Waals surface area contributed by atoms with E-state index in [1.165, 1.54) is 0 Å². The number of hydrogen-bond donors (Lipinski definition) is 1. The number of rotatable bonds is 9. The lowest BCUT2D eigenvalue weighted by Gasteiger charge is -2.12. The summed E-state index contributed by atoms with van der Waals surface area (Å²) >= 11 is 6.02. The van der Waals surface area contributed by atoms with Crippen molar-refractivity contribution in [2.75, 3.05) is 26.9 Å². The van der Waals surface area contributed by atoms with Crippen LogP contribution in [-0.4, -0.2) is 26.9 Å². The molecular weight excluding hydrogens is 262 g/mol. The van der Waals surface area contributed by atoms with E-state index in [-0.39, 0.29) is 0 Å². The molecule has 4 heteroatoms. The monoisotopic (exact) mass is 283 g/mol. The number of nitrogens with one attached hydrogen (secondary N) is 1. The molecule has 1 aromatic rings. The quantitative estimate of drug-likeness (QED) is 0.556. The van der Waals surface area contributed by atoms with Gasteiger partial charge in [-0.25, -0.2) is 0 Å². The summed E-state index contributed by atoms with van der Waals surface area (Å²) in [5.74, 6) is 0.871. The van der Waals surface area contributed by atoms with Gasteiger partial charge in [0.2, 0.25) is 0 Å². The maximum atomic E-state index is 6.02. The Kier molecular flexibility index (Phi) is 7.56. The third kappa shape index (κ3) is 6.62. The summed E-state index contributed by atoms with van der Waals surface area (Å²) in [5, 5.41) is 4.01. The van der Waals surface area contributed by atoms with Crippen molar-refractivity contribution in [1.82, 2.24) is 5.32 Å². The molecule has 0 bridgehead atoms. The smallest absolute Gasteiger partial charge is 0.123 e. The van der Waals surface area contributed by atoms with Crippen LogP contribution < -0.4 is 10.1 Å². The van der Waals surface area contributed by atoms with E-state index in [4.69, 9.17) is 21.1 Å². The van der Waals surface area contributed by atoms with Crippen LogP contribution >= 0.6 is 11.6 Å². The standard InChI is InChI=1S/C15H22ClNO2/c1-12(2)6-8-19-15-5-4-14(16)10-13(15)11-17-7-9-18-3/h4-5,10,17H,1,6-9,11H2,2-3H3. The van der Waals surface area contributed by atoms with E-state index in [0.29, 0.717) is 19.8 Å². The van der Waals surface area contributed by atoms with Gasteiger partial charge in [0.15, 0.2) is 0 Å². The van der Waals surface area contributed by atoms with Crippen LogP contribution in [0.4, 0.5) is 0 Å². The highest BCUT2D eigenvalue weighted by Gasteiger charge is 2.04. The van der Waals surface area contributed by atoms with Gasteiger partial charge < -0.3 is 14.8 Å². The summed E-state index contributed by atoms with van der Waals surface area (Å²) in [6.45, 7) is 8.71. The third-order valence-electron chi connectivity index (χ3n) is 2.61. The lowest BCUT2D eigenvalue weighted by atomic mass is 10.2. The molecule has 1 aromatic carbocycles. The van der Waals surface area contributed by atoms with Crippen molar-refractivity contribution in [3.63, 3.8) is 0 Å². The Balaban J connectivity index is 2.55. The number of methoxy groups -OCH3 is 1.